The molecule has 6 rings (SSSR count). The van der Waals surface area contributed by atoms with Crippen LogP contribution in [0.3, 0.4) is 0 Å². The van der Waals surface area contributed by atoms with Crippen molar-refractivity contribution < 1.29 is 0 Å². The molecule has 0 saturated carbocycles. The first-order chi connectivity index (χ1) is 16.8. The van der Waals surface area contributed by atoms with Gasteiger partial charge in [-0.2, -0.15) is 0 Å². The van der Waals surface area contributed by atoms with E-state index in [1.165, 1.54) is 0 Å². The van der Waals surface area contributed by atoms with E-state index >= 15 is 0 Å². The lowest BCUT2D eigenvalue weighted by Gasteiger charge is -2.26. The van der Waals surface area contributed by atoms with Gasteiger partial charge in [0.2, 0.25) is 0 Å². The quantitative estimate of drug-likeness (QED) is 0.383. The van der Waals surface area contributed by atoms with Gasteiger partial charge in [-0.1, -0.05) is 15.6 Å². The summed E-state index contributed by atoms with van der Waals surface area (Å²) in [6, 6.07) is 24.5. The summed E-state index contributed by atoms with van der Waals surface area (Å²) in [6.45, 7) is 0. The molecule has 0 fully saturated rings. The Morgan fingerprint density at radius 3 is 0.941 bits per heavy atom. The van der Waals surface area contributed by atoms with E-state index in [4.69, 9.17) is 0 Å². The Morgan fingerprint density at radius 2 is 0.706 bits per heavy atom. The molecule has 10 nitrogen and oxygen atoms in total. The molecule has 3 aromatic heterocycles. The molecule has 0 spiro atoms. The molecule has 0 unspecified atom stereocenters. The molecule has 3 heterocycles. The van der Waals surface area contributed by atoms with E-state index in [0.29, 0.717) is 0 Å². The molecular weight excluding hydrogens is 428 g/mol. The van der Waals surface area contributed by atoms with E-state index in [0.717, 1.165) is 34.1 Å². The van der Waals surface area contributed by atoms with Crippen LogP contribution in [0.2, 0.25) is 0 Å². The molecule has 0 aliphatic carbocycles. The van der Waals surface area contributed by atoms with Crippen molar-refractivity contribution in [3.05, 3.63) is 110 Å². The summed E-state index contributed by atoms with van der Waals surface area (Å²) < 4.78 is 5.19. The molecule has 0 aliphatic heterocycles. The highest BCUT2D eigenvalue weighted by atomic mass is 15.4. The molecular formula is C24H18N10. The largest absolute Gasteiger partial charge is 0.310 e. The van der Waals surface area contributed by atoms with Crippen molar-refractivity contribution in [3.63, 3.8) is 0 Å². The van der Waals surface area contributed by atoms with Gasteiger partial charge in [0.25, 0.3) is 0 Å². The second-order valence-corrected chi connectivity index (χ2v) is 7.43. The maximum Gasteiger partial charge on any atom is 0.0697 e. The molecule has 34 heavy (non-hydrogen) atoms. The fourth-order valence-corrected chi connectivity index (χ4v) is 3.75. The number of benzene rings is 3. The monoisotopic (exact) mass is 446 g/mol. The first-order valence-corrected chi connectivity index (χ1v) is 10.6. The molecule has 0 radical (unpaired) electrons. The van der Waals surface area contributed by atoms with Crippen LogP contribution in [0.25, 0.3) is 17.1 Å². The Hall–Kier alpha value is -5.12. The van der Waals surface area contributed by atoms with Gasteiger partial charge in [-0.25, -0.2) is 14.0 Å². The third-order valence-corrected chi connectivity index (χ3v) is 5.38. The minimum absolute atomic E-state index is 0.935. The van der Waals surface area contributed by atoms with Gasteiger partial charge in [0.05, 0.1) is 54.2 Å². The summed E-state index contributed by atoms with van der Waals surface area (Å²) >= 11 is 0. The Bertz CT molecular complexity index is 1270. The van der Waals surface area contributed by atoms with Crippen LogP contribution in [0.4, 0.5) is 17.1 Å². The van der Waals surface area contributed by atoms with Crippen molar-refractivity contribution in [1.82, 2.24) is 45.0 Å². The molecule has 164 valence electrons. The van der Waals surface area contributed by atoms with Gasteiger partial charge in [0.15, 0.2) is 0 Å². The maximum atomic E-state index is 4.07. The zero-order chi connectivity index (χ0) is 22.7. The second-order valence-electron chi connectivity index (χ2n) is 7.43. The Balaban J connectivity index is 1.39. The smallest absolute Gasteiger partial charge is 0.0697 e. The summed E-state index contributed by atoms with van der Waals surface area (Å²) in [7, 11) is 0. The number of nitrogens with zero attached hydrogens (tertiary/aromatic N) is 10. The highest BCUT2D eigenvalue weighted by Crippen LogP contribution is 2.35. The molecule has 10 heteroatoms. The molecule has 3 aromatic carbocycles. The highest BCUT2D eigenvalue weighted by Gasteiger charge is 2.14. The lowest BCUT2D eigenvalue weighted by atomic mass is 10.1. The highest BCUT2D eigenvalue weighted by molar-refractivity contribution is 5.77. The molecule has 0 atom stereocenters. The zero-order valence-corrected chi connectivity index (χ0v) is 17.9. The predicted molar refractivity (Wildman–Crippen MR) is 126 cm³/mol. The number of rotatable bonds is 6. The minimum Gasteiger partial charge on any atom is -0.310 e. The molecule has 0 aliphatic rings. The maximum absolute atomic E-state index is 4.07. The fourth-order valence-electron chi connectivity index (χ4n) is 3.75. The average Bonchev–Trinajstić information content (AvgIpc) is 3.69. The third-order valence-electron chi connectivity index (χ3n) is 5.38. The summed E-state index contributed by atoms with van der Waals surface area (Å²) in [5.41, 5.74) is 5.82. The first kappa shape index (κ1) is 19.6. The summed E-state index contributed by atoms with van der Waals surface area (Å²) in [6.07, 6.45) is 10.4. The Labute approximate surface area is 194 Å². The SMILES string of the molecule is c1cn(-c2ccc(N(c3ccc(-n4ccnn4)cc3)c3ccc(-n4ccnn4)cc3)cc2)nn1. The minimum atomic E-state index is 0.935. The van der Waals surface area contributed by atoms with Crippen LogP contribution in [0, 0.1) is 0 Å². The van der Waals surface area contributed by atoms with Crippen molar-refractivity contribution in [1.29, 1.82) is 0 Å². The molecule has 0 bridgehead atoms. The Morgan fingerprint density at radius 1 is 0.412 bits per heavy atom. The van der Waals surface area contributed by atoms with Gasteiger partial charge < -0.3 is 4.90 Å². The zero-order valence-electron chi connectivity index (χ0n) is 17.9. The molecule has 0 N–H and O–H groups in total. The van der Waals surface area contributed by atoms with Gasteiger partial charge in [0.1, 0.15) is 0 Å². The van der Waals surface area contributed by atoms with Crippen molar-refractivity contribution in [2.75, 3.05) is 4.90 Å². The second kappa shape index (κ2) is 8.43. The summed E-state index contributed by atoms with van der Waals surface area (Å²) in [5.74, 6) is 0. The fraction of sp³-hybridized carbons (Fsp3) is 0. The van der Waals surface area contributed by atoms with Crippen molar-refractivity contribution in [2.45, 2.75) is 0 Å². The van der Waals surface area contributed by atoms with Gasteiger partial charge in [0, 0.05) is 17.1 Å². The van der Waals surface area contributed by atoms with Crippen LogP contribution in [0.15, 0.2) is 110 Å². The van der Waals surface area contributed by atoms with Crippen LogP contribution in [-0.2, 0) is 0 Å². The standard InChI is InChI=1S/C24H18N10/c1-7-22(8-2-19(1)31-16-13-25-28-31)34(23-9-3-20(4-10-23)32-17-14-26-29-32)24-11-5-21(6-12-24)33-18-15-27-30-33/h1-18H. The lowest BCUT2D eigenvalue weighted by Crippen LogP contribution is -2.10. The van der Waals surface area contributed by atoms with E-state index in [9.17, 15) is 0 Å². The number of hydrogen-bond acceptors (Lipinski definition) is 7. The third kappa shape index (κ3) is 3.69. The first-order valence-electron chi connectivity index (χ1n) is 10.6. The van der Waals surface area contributed by atoms with Crippen LogP contribution >= 0.6 is 0 Å². The van der Waals surface area contributed by atoms with Crippen LogP contribution in [0.5, 0.6) is 0 Å². The Kier molecular flexibility index (Phi) is 4.85. The van der Waals surface area contributed by atoms with E-state index < -0.39 is 0 Å². The number of aromatic nitrogens is 9. The molecule has 0 saturated heterocycles. The topological polar surface area (TPSA) is 95.4 Å². The van der Waals surface area contributed by atoms with Crippen molar-refractivity contribution in [3.8, 4) is 17.1 Å². The lowest BCUT2D eigenvalue weighted by molar-refractivity contribution is 0.802. The summed E-state index contributed by atoms with van der Waals surface area (Å²) in [4.78, 5) is 2.18. The van der Waals surface area contributed by atoms with Crippen LogP contribution in [0.1, 0.15) is 0 Å². The van der Waals surface area contributed by atoms with Crippen LogP contribution < -0.4 is 4.90 Å². The van der Waals surface area contributed by atoms with E-state index in [-0.39, 0.29) is 0 Å². The average molecular weight is 446 g/mol. The van der Waals surface area contributed by atoms with E-state index in [2.05, 4.69) is 72.2 Å². The van der Waals surface area contributed by atoms with Gasteiger partial charge in [-0.3, -0.25) is 0 Å². The molecule has 0 amide bonds. The normalized spacial score (nSPS) is 10.9. The molecule has 6 aromatic rings. The van der Waals surface area contributed by atoms with Crippen LogP contribution in [-0.4, -0.2) is 45.0 Å². The predicted octanol–water partition coefficient (Wildman–Crippen LogP) is 3.90. The number of anilines is 3. The van der Waals surface area contributed by atoms with Crippen molar-refractivity contribution >= 4 is 17.1 Å². The van der Waals surface area contributed by atoms with Gasteiger partial charge in [-0.15, -0.1) is 15.3 Å². The van der Waals surface area contributed by atoms with E-state index in [1.807, 2.05) is 55.0 Å². The number of hydrogen-bond donors (Lipinski definition) is 0. The summed E-state index contributed by atoms with van der Waals surface area (Å²) in [5, 5.41) is 23.9. The van der Waals surface area contributed by atoms with Gasteiger partial charge >= 0.3 is 0 Å². The van der Waals surface area contributed by atoms with E-state index in [1.54, 1.807) is 32.6 Å². The van der Waals surface area contributed by atoms with Crippen molar-refractivity contribution in [2.24, 2.45) is 0 Å². The van der Waals surface area contributed by atoms with Gasteiger partial charge in [-0.05, 0) is 72.8 Å².